The number of hydrogen-bond donors (Lipinski definition) is 2. The smallest absolute Gasteiger partial charge is 0.141 e. The molecule has 0 saturated carbocycles. The summed E-state index contributed by atoms with van der Waals surface area (Å²) in [5, 5.41) is 3.43. The van der Waals surface area contributed by atoms with Crippen molar-refractivity contribution in [2.45, 2.75) is 33.2 Å². The van der Waals surface area contributed by atoms with E-state index >= 15 is 0 Å². The van der Waals surface area contributed by atoms with Crippen LogP contribution in [0.1, 0.15) is 26.3 Å². The predicted octanol–water partition coefficient (Wildman–Crippen LogP) is 2.94. The summed E-state index contributed by atoms with van der Waals surface area (Å²) in [6, 6.07) is 1.98. The molecule has 90 valence electrons. The monoisotopic (exact) mass is 285 g/mol. The highest BCUT2D eigenvalue weighted by molar-refractivity contribution is 9.10. The molecule has 1 aromatic rings. The summed E-state index contributed by atoms with van der Waals surface area (Å²) >= 11 is 3.55. The Morgan fingerprint density at radius 1 is 1.56 bits per heavy atom. The highest BCUT2D eigenvalue weighted by Crippen LogP contribution is 2.28. The lowest BCUT2D eigenvalue weighted by Crippen LogP contribution is -2.47. The minimum atomic E-state index is -0.136. The van der Waals surface area contributed by atoms with Crippen molar-refractivity contribution in [3.05, 3.63) is 22.3 Å². The Morgan fingerprint density at radius 2 is 2.19 bits per heavy atom. The maximum atomic E-state index is 5.84. The summed E-state index contributed by atoms with van der Waals surface area (Å²) < 4.78 is 1.01. The molecule has 0 amide bonds. The zero-order chi connectivity index (χ0) is 12.3. The van der Waals surface area contributed by atoms with Crippen LogP contribution in [-0.4, -0.2) is 17.1 Å². The fourth-order valence-corrected chi connectivity index (χ4v) is 1.66. The van der Waals surface area contributed by atoms with Crippen LogP contribution >= 0.6 is 15.9 Å². The minimum absolute atomic E-state index is 0.136. The van der Waals surface area contributed by atoms with E-state index in [1.165, 1.54) is 5.56 Å². The molecule has 0 aromatic carbocycles. The third-order valence-corrected chi connectivity index (χ3v) is 4.19. The normalized spacial score (nSPS) is 14.9. The number of anilines is 1. The van der Waals surface area contributed by atoms with Crippen molar-refractivity contribution in [3.63, 3.8) is 0 Å². The molecule has 1 rings (SSSR count). The number of nitrogens with one attached hydrogen (secondary N) is 1. The van der Waals surface area contributed by atoms with E-state index in [2.05, 4.69) is 47.0 Å². The van der Waals surface area contributed by atoms with Gasteiger partial charge in [0.15, 0.2) is 0 Å². The Bertz CT molecular complexity index is 365. The third-order valence-electron chi connectivity index (χ3n) is 3.18. The van der Waals surface area contributed by atoms with E-state index in [-0.39, 0.29) is 5.54 Å². The lowest BCUT2D eigenvalue weighted by molar-refractivity contribution is 0.381. The van der Waals surface area contributed by atoms with Gasteiger partial charge in [-0.2, -0.15) is 0 Å². The molecular weight excluding hydrogens is 266 g/mol. The van der Waals surface area contributed by atoms with Crippen LogP contribution in [0, 0.1) is 12.8 Å². The van der Waals surface area contributed by atoms with Crippen molar-refractivity contribution in [3.8, 4) is 0 Å². The lowest BCUT2D eigenvalue weighted by Gasteiger charge is -2.34. The Hall–Kier alpha value is -0.610. The quantitative estimate of drug-likeness (QED) is 0.894. The van der Waals surface area contributed by atoms with Gasteiger partial charge < -0.3 is 11.1 Å². The number of aromatic nitrogens is 1. The van der Waals surface area contributed by atoms with Gasteiger partial charge in [-0.15, -0.1) is 0 Å². The number of rotatable bonds is 4. The van der Waals surface area contributed by atoms with E-state index in [0.717, 1.165) is 10.3 Å². The van der Waals surface area contributed by atoms with Crippen LogP contribution in [0.2, 0.25) is 0 Å². The molecule has 0 spiro atoms. The second-order valence-corrected chi connectivity index (χ2v) is 5.48. The maximum Gasteiger partial charge on any atom is 0.141 e. The molecule has 1 unspecified atom stereocenters. The van der Waals surface area contributed by atoms with Gasteiger partial charge in [0.1, 0.15) is 5.82 Å². The zero-order valence-corrected chi connectivity index (χ0v) is 11.9. The first-order valence-electron chi connectivity index (χ1n) is 5.50. The van der Waals surface area contributed by atoms with Gasteiger partial charge in [0, 0.05) is 12.7 Å². The summed E-state index contributed by atoms with van der Waals surface area (Å²) in [5.41, 5.74) is 6.87. The van der Waals surface area contributed by atoms with Crippen molar-refractivity contribution >= 4 is 21.7 Å². The SMILES string of the molecule is Cc1ccnc(NC(C)(CN)C(C)C)c1Br. The Balaban J connectivity index is 2.99. The van der Waals surface area contributed by atoms with Gasteiger partial charge in [-0.1, -0.05) is 13.8 Å². The third kappa shape index (κ3) is 2.74. The first-order chi connectivity index (χ1) is 7.40. The van der Waals surface area contributed by atoms with E-state index in [4.69, 9.17) is 5.73 Å². The van der Waals surface area contributed by atoms with Crippen LogP contribution in [0.15, 0.2) is 16.7 Å². The number of nitrogens with zero attached hydrogens (tertiary/aromatic N) is 1. The van der Waals surface area contributed by atoms with Crippen LogP contribution < -0.4 is 11.1 Å². The summed E-state index contributed by atoms with van der Waals surface area (Å²) in [4.78, 5) is 4.34. The molecule has 0 aliphatic rings. The van der Waals surface area contributed by atoms with E-state index < -0.39 is 0 Å². The fraction of sp³-hybridized carbons (Fsp3) is 0.583. The molecule has 3 N–H and O–H groups in total. The standard InChI is InChI=1S/C12H20BrN3/c1-8(2)12(4,7-14)16-11-10(13)9(3)5-6-15-11/h5-6,8H,7,14H2,1-4H3,(H,15,16). The van der Waals surface area contributed by atoms with Gasteiger partial charge in [-0.05, 0) is 47.3 Å². The Labute approximate surface area is 106 Å². The molecule has 1 atom stereocenters. The lowest BCUT2D eigenvalue weighted by atomic mass is 9.88. The molecular formula is C12H20BrN3. The van der Waals surface area contributed by atoms with Gasteiger partial charge >= 0.3 is 0 Å². The van der Waals surface area contributed by atoms with E-state index in [0.29, 0.717) is 12.5 Å². The van der Waals surface area contributed by atoms with E-state index in [1.54, 1.807) is 6.20 Å². The minimum Gasteiger partial charge on any atom is -0.362 e. The van der Waals surface area contributed by atoms with E-state index in [1.807, 2.05) is 13.0 Å². The van der Waals surface area contributed by atoms with Gasteiger partial charge in [0.2, 0.25) is 0 Å². The molecule has 0 aliphatic heterocycles. The molecule has 0 radical (unpaired) electrons. The largest absolute Gasteiger partial charge is 0.362 e. The summed E-state index contributed by atoms with van der Waals surface area (Å²) in [6.07, 6.45) is 1.81. The van der Waals surface area contributed by atoms with Crippen LogP contribution in [0.4, 0.5) is 5.82 Å². The molecule has 4 heteroatoms. The number of halogens is 1. The molecule has 1 heterocycles. The number of aryl methyl sites for hydroxylation is 1. The average Bonchev–Trinajstić information content (AvgIpc) is 2.24. The van der Waals surface area contributed by atoms with Crippen molar-refractivity contribution < 1.29 is 0 Å². The van der Waals surface area contributed by atoms with Gasteiger partial charge in [0.25, 0.3) is 0 Å². The van der Waals surface area contributed by atoms with Crippen LogP contribution in [0.5, 0.6) is 0 Å². The highest BCUT2D eigenvalue weighted by Gasteiger charge is 2.27. The topological polar surface area (TPSA) is 50.9 Å². The van der Waals surface area contributed by atoms with Gasteiger partial charge in [0.05, 0.1) is 10.0 Å². The molecule has 0 aliphatic carbocycles. The average molecular weight is 286 g/mol. The summed E-state index contributed by atoms with van der Waals surface area (Å²) in [5.74, 6) is 1.30. The van der Waals surface area contributed by atoms with Gasteiger partial charge in [-0.3, -0.25) is 0 Å². The molecule has 0 bridgehead atoms. The first kappa shape index (κ1) is 13.5. The second-order valence-electron chi connectivity index (χ2n) is 4.69. The van der Waals surface area contributed by atoms with Gasteiger partial charge in [-0.25, -0.2) is 4.98 Å². The predicted molar refractivity (Wildman–Crippen MR) is 72.6 cm³/mol. The van der Waals surface area contributed by atoms with Crippen molar-refractivity contribution in [1.82, 2.24) is 4.98 Å². The van der Waals surface area contributed by atoms with Crippen LogP contribution in [0.25, 0.3) is 0 Å². The zero-order valence-electron chi connectivity index (χ0n) is 10.3. The van der Waals surface area contributed by atoms with Crippen molar-refractivity contribution in [1.29, 1.82) is 0 Å². The summed E-state index contributed by atoms with van der Waals surface area (Å²) in [6.45, 7) is 9.06. The molecule has 0 fully saturated rings. The Kier molecular flexibility index (Phi) is 4.33. The first-order valence-corrected chi connectivity index (χ1v) is 6.29. The summed E-state index contributed by atoms with van der Waals surface area (Å²) in [7, 11) is 0. The second kappa shape index (κ2) is 5.15. The fourth-order valence-electron chi connectivity index (χ4n) is 1.33. The van der Waals surface area contributed by atoms with E-state index in [9.17, 15) is 0 Å². The van der Waals surface area contributed by atoms with Crippen LogP contribution in [0.3, 0.4) is 0 Å². The maximum absolute atomic E-state index is 5.84. The number of nitrogens with two attached hydrogens (primary N) is 1. The number of pyridine rings is 1. The van der Waals surface area contributed by atoms with Crippen LogP contribution in [-0.2, 0) is 0 Å². The Morgan fingerprint density at radius 3 is 2.69 bits per heavy atom. The molecule has 1 aromatic heterocycles. The molecule has 0 saturated heterocycles. The van der Waals surface area contributed by atoms with Crippen molar-refractivity contribution in [2.75, 3.05) is 11.9 Å². The molecule has 16 heavy (non-hydrogen) atoms. The van der Waals surface area contributed by atoms with Crippen molar-refractivity contribution in [2.24, 2.45) is 11.7 Å². The number of hydrogen-bond acceptors (Lipinski definition) is 3. The highest BCUT2D eigenvalue weighted by atomic mass is 79.9. The molecule has 3 nitrogen and oxygen atoms in total.